The zero-order chi connectivity index (χ0) is 13.6. The molecule has 0 saturated carbocycles. The van der Waals surface area contributed by atoms with E-state index in [1.165, 1.54) is 5.56 Å². The molecular formula is C16H22F2. The molecule has 1 aromatic rings. The second-order valence-corrected chi connectivity index (χ2v) is 5.08. The van der Waals surface area contributed by atoms with Gasteiger partial charge in [-0.25, -0.2) is 8.78 Å². The lowest BCUT2D eigenvalue weighted by molar-refractivity contribution is 0.00950. The second kappa shape index (κ2) is 6.67. The summed E-state index contributed by atoms with van der Waals surface area (Å²) in [6.07, 6.45) is 4.34. The first-order chi connectivity index (χ1) is 8.42. The molecule has 0 radical (unpaired) electrons. The molecule has 0 N–H and O–H groups in total. The molecule has 0 bridgehead atoms. The fourth-order valence-electron chi connectivity index (χ4n) is 1.92. The predicted octanol–water partition coefficient (Wildman–Crippen LogP) is 5.34. The fraction of sp³-hybridized carbons (Fsp3) is 0.500. The Hall–Kier alpha value is -1.18. The molecule has 0 aliphatic heterocycles. The monoisotopic (exact) mass is 252 g/mol. The van der Waals surface area contributed by atoms with Gasteiger partial charge in [-0.15, -0.1) is 6.58 Å². The summed E-state index contributed by atoms with van der Waals surface area (Å²) in [5, 5.41) is 0. The van der Waals surface area contributed by atoms with Crippen LogP contribution in [0.5, 0.6) is 0 Å². The first-order valence-electron chi connectivity index (χ1n) is 6.50. The summed E-state index contributed by atoms with van der Waals surface area (Å²) in [6.45, 7) is 6.69. The van der Waals surface area contributed by atoms with Gasteiger partial charge < -0.3 is 0 Å². The van der Waals surface area contributed by atoms with Crippen LogP contribution in [0, 0.1) is 0 Å². The molecule has 0 heterocycles. The minimum Gasteiger partial charge on any atom is -0.207 e. The van der Waals surface area contributed by atoms with Crippen molar-refractivity contribution in [3.05, 3.63) is 48.0 Å². The number of alkyl halides is 2. The van der Waals surface area contributed by atoms with Crippen LogP contribution in [-0.2, 0) is 6.42 Å². The van der Waals surface area contributed by atoms with E-state index in [1.807, 2.05) is 13.0 Å². The first kappa shape index (κ1) is 14.9. The van der Waals surface area contributed by atoms with E-state index in [-0.39, 0.29) is 12.3 Å². The van der Waals surface area contributed by atoms with Crippen LogP contribution in [0.1, 0.15) is 50.2 Å². The summed E-state index contributed by atoms with van der Waals surface area (Å²) in [7, 11) is 0. The van der Waals surface area contributed by atoms with E-state index in [9.17, 15) is 8.78 Å². The maximum absolute atomic E-state index is 12.8. The van der Waals surface area contributed by atoms with E-state index < -0.39 is 5.92 Å². The topological polar surface area (TPSA) is 0 Å². The summed E-state index contributed by atoms with van der Waals surface area (Å²) in [6, 6.07) is 8.27. The molecule has 1 aromatic carbocycles. The van der Waals surface area contributed by atoms with E-state index in [0.717, 1.165) is 25.3 Å². The minimum atomic E-state index is -2.56. The molecule has 0 saturated heterocycles. The largest absolute Gasteiger partial charge is 0.245 e. The lowest BCUT2D eigenvalue weighted by Crippen LogP contribution is -2.10. The number of benzene rings is 1. The van der Waals surface area contributed by atoms with Crippen molar-refractivity contribution >= 4 is 0 Å². The summed E-state index contributed by atoms with van der Waals surface area (Å²) < 4.78 is 25.6. The van der Waals surface area contributed by atoms with Gasteiger partial charge in [-0.3, -0.25) is 0 Å². The SMILES string of the molecule is C=CCCc1ccc(C(C)CCC(C)(F)F)cc1. The number of hydrogen-bond donors (Lipinski definition) is 0. The van der Waals surface area contributed by atoms with Crippen LogP contribution in [0.2, 0.25) is 0 Å². The van der Waals surface area contributed by atoms with E-state index >= 15 is 0 Å². The van der Waals surface area contributed by atoms with Gasteiger partial charge in [0, 0.05) is 6.42 Å². The highest BCUT2D eigenvalue weighted by molar-refractivity contribution is 5.25. The van der Waals surface area contributed by atoms with Gasteiger partial charge in [0.05, 0.1) is 0 Å². The Morgan fingerprint density at radius 1 is 1.28 bits per heavy atom. The molecule has 1 rings (SSSR count). The van der Waals surface area contributed by atoms with Gasteiger partial charge >= 0.3 is 0 Å². The molecule has 1 atom stereocenters. The normalized spacial score (nSPS) is 13.3. The van der Waals surface area contributed by atoms with Gasteiger partial charge in [-0.2, -0.15) is 0 Å². The van der Waals surface area contributed by atoms with Gasteiger partial charge in [0.15, 0.2) is 0 Å². The zero-order valence-electron chi connectivity index (χ0n) is 11.3. The molecule has 18 heavy (non-hydrogen) atoms. The molecular weight excluding hydrogens is 230 g/mol. The molecule has 0 fully saturated rings. The fourth-order valence-corrected chi connectivity index (χ4v) is 1.92. The first-order valence-corrected chi connectivity index (χ1v) is 6.50. The third kappa shape index (κ3) is 5.44. The Morgan fingerprint density at radius 3 is 2.39 bits per heavy atom. The van der Waals surface area contributed by atoms with Gasteiger partial charge in [-0.1, -0.05) is 37.3 Å². The number of halogens is 2. The third-order valence-corrected chi connectivity index (χ3v) is 3.20. The highest BCUT2D eigenvalue weighted by Crippen LogP contribution is 2.27. The maximum Gasteiger partial charge on any atom is 0.245 e. The lowest BCUT2D eigenvalue weighted by Gasteiger charge is -2.15. The van der Waals surface area contributed by atoms with E-state index in [0.29, 0.717) is 6.42 Å². The van der Waals surface area contributed by atoms with Gasteiger partial charge in [0.2, 0.25) is 5.92 Å². The summed E-state index contributed by atoms with van der Waals surface area (Å²) in [4.78, 5) is 0. The standard InChI is InChI=1S/C16H22F2/c1-4-5-6-14-7-9-15(10-8-14)13(2)11-12-16(3,17)18/h4,7-10,13H,1,5-6,11-12H2,2-3H3. The van der Waals surface area contributed by atoms with Crippen LogP contribution in [0.4, 0.5) is 8.78 Å². The van der Waals surface area contributed by atoms with Crippen molar-refractivity contribution in [1.29, 1.82) is 0 Å². The van der Waals surface area contributed by atoms with Gasteiger partial charge in [-0.05, 0) is 43.2 Å². The van der Waals surface area contributed by atoms with Crippen molar-refractivity contribution in [2.75, 3.05) is 0 Å². The van der Waals surface area contributed by atoms with Crippen molar-refractivity contribution in [1.82, 2.24) is 0 Å². The number of allylic oxidation sites excluding steroid dienone is 1. The number of hydrogen-bond acceptors (Lipinski definition) is 0. The van der Waals surface area contributed by atoms with Crippen molar-refractivity contribution in [3.63, 3.8) is 0 Å². The van der Waals surface area contributed by atoms with E-state index in [4.69, 9.17) is 0 Å². The Kier molecular flexibility index (Phi) is 5.52. The molecule has 2 heteroatoms. The summed E-state index contributed by atoms with van der Waals surface area (Å²) in [5.41, 5.74) is 2.41. The van der Waals surface area contributed by atoms with E-state index in [1.54, 1.807) is 0 Å². The molecule has 0 amide bonds. The highest BCUT2D eigenvalue weighted by Gasteiger charge is 2.22. The van der Waals surface area contributed by atoms with Crippen LogP contribution in [-0.4, -0.2) is 5.92 Å². The number of rotatable bonds is 7. The Morgan fingerprint density at radius 2 is 1.89 bits per heavy atom. The van der Waals surface area contributed by atoms with Crippen LogP contribution >= 0.6 is 0 Å². The second-order valence-electron chi connectivity index (χ2n) is 5.08. The lowest BCUT2D eigenvalue weighted by atomic mass is 9.93. The third-order valence-electron chi connectivity index (χ3n) is 3.20. The van der Waals surface area contributed by atoms with Crippen LogP contribution in [0.3, 0.4) is 0 Å². The molecule has 1 unspecified atom stereocenters. The van der Waals surface area contributed by atoms with Crippen molar-refractivity contribution in [2.45, 2.75) is 51.4 Å². The molecule has 100 valence electrons. The molecule has 0 spiro atoms. The summed E-state index contributed by atoms with van der Waals surface area (Å²) in [5.74, 6) is -2.37. The van der Waals surface area contributed by atoms with Crippen molar-refractivity contribution in [2.24, 2.45) is 0 Å². The Bertz CT molecular complexity index is 360. The average Bonchev–Trinajstić information content (AvgIpc) is 2.33. The number of aryl methyl sites for hydroxylation is 1. The molecule has 0 aromatic heterocycles. The minimum absolute atomic E-state index is 0.0492. The van der Waals surface area contributed by atoms with Crippen LogP contribution in [0.15, 0.2) is 36.9 Å². The maximum atomic E-state index is 12.8. The quantitative estimate of drug-likeness (QED) is 0.574. The Labute approximate surface area is 109 Å². The molecule has 0 aliphatic carbocycles. The molecule has 0 aliphatic rings. The van der Waals surface area contributed by atoms with Crippen molar-refractivity contribution < 1.29 is 8.78 Å². The van der Waals surface area contributed by atoms with E-state index in [2.05, 4.69) is 30.8 Å². The zero-order valence-corrected chi connectivity index (χ0v) is 11.3. The smallest absolute Gasteiger partial charge is 0.207 e. The van der Waals surface area contributed by atoms with Gasteiger partial charge in [0.25, 0.3) is 0 Å². The van der Waals surface area contributed by atoms with Crippen molar-refractivity contribution in [3.8, 4) is 0 Å². The van der Waals surface area contributed by atoms with Crippen LogP contribution in [0.25, 0.3) is 0 Å². The predicted molar refractivity (Wildman–Crippen MR) is 73.2 cm³/mol. The highest BCUT2D eigenvalue weighted by atomic mass is 19.3. The summed E-state index contributed by atoms with van der Waals surface area (Å²) >= 11 is 0. The van der Waals surface area contributed by atoms with Crippen LogP contribution < -0.4 is 0 Å². The average molecular weight is 252 g/mol. The Balaban J connectivity index is 2.53. The molecule has 0 nitrogen and oxygen atoms in total. The van der Waals surface area contributed by atoms with Gasteiger partial charge in [0.1, 0.15) is 0 Å².